The Morgan fingerprint density at radius 3 is 2.58 bits per heavy atom. The van der Waals surface area contributed by atoms with Crippen LogP contribution in [0.2, 0.25) is 0 Å². The molecule has 0 unspecified atom stereocenters. The molecule has 1 aromatic rings. The Hall–Kier alpha value is -1.23. The molecule has 1 fully saturated rings. The maximum Gasteiger partial charge on any atom is 0.416 e. The first-order valence-corrected chi connectivity index (χ1v) is 6.69. The number of benzene rings is 1. The van der Waals surface area contributed by atoms with Gasteiger partial charge in [-0.2, -0.15) is 13.2 Å². The Balaban J connectivity index is 1.76. The van der Waals surface area contributed by atoms with Crippen molar-refractivity contribution >= 4 is 5.69 Å². The molecule has 0 radical (unpaired) electrons. The van der Waals surface area contributed by atoms with Crippen LogP contribution in [0.3, 0.4) is 0 Å². The summed E-state index contributed by atoms with van der Waals surface area (Å²) in [4.78, 5) is 2.40. The second-order valence-electron chi connectivity index (χ2n) is 4.91. The van der Waals surface area contributed by atoms with E-state index in [0.717, 1.165) is 38.2 Å². The average molecular weight is 272 g/mol. The highest BCUT2D eigenvalue weighted by Crippen LogP contribution is 2.30. The van der Waals surface area contributed by atoms with Crippen LogP contribution in [0.5, 0.6) is 0 Å². The fourth-order valence-corrected chi connectivity index (χ4v) is 2.35. The Kier molecular flexibility index (Phi) is 4.69. The largest absolute Gasteiger partial charge is 0.416 e. The predicted octanol–water partition coefficient (Wildman–Crippen LogP) is 3.60. The van der Waals surface area contributed by atoms with Crippen LogP contribution in [0.25, 0.3) is 0 Å². The number of hydrogen-bond donors (Lipinski definition) is 1. The van der Waals surface area contributed by atoms with Crippen LogP contribution in [-0.2, 0) is 6.18 Å². The lowest BCUT2D eigenvalue weighted by Gasteiger charge is -2.15. The lowest BCUT2D eigenvalue weighted by atomic mass is 10.2. The summed E-state index contributed by atoms with van der Waals surface area (Å²) >= 11 is 0. The van der Waals surface area contributed by atoms with Crippen molar-refractivity contribution in [2.24, 2.45) is 0 Å². The van der Waals surface area contributed by atoms with E-state index in [1.54, 1.807) is 6.07 Å². The molecule has 1 heterocycles. The quantitative estimate of drug-likeness (QED) is 0.824. The van der Waals surface area contributed by atoms with Crippen LogP contribution in [0.15, 0.2) is 24.3 Å². The summed E-state index contributed by atoms with van der Waals surface area (Å²) in [6.07, 6.45) is -0.786. The van der Waals surface area contributed by atoms with Gasteiger partial charge in [0.2, 0.25) is 0 Å². The van der Waals surface area contributed by atoms with Gasteiger partial charge in [-0.15, -0.1) is 0 Å². The molecule has 2 nitrogen and oxygen atoms in total. The molecule has 1 aliphatic rings. The van der Waals surface area contributed by atoms with Crippen molar-refractivity contribution in [3.8, 4) is 0 Å². The zero-order valence-corrected chi connectivity index (χ0v) is 10.8. The van der Waals surface area contributed by atoms with Crippen molar-refractivity contribution in [3.63, 3.8) is 0 Å². The lowest BCUT2D eigenvalue weighted by molar-refractivity contribution is -0.137. The highest BCUT2D eigenvalue weighted by atomic mass is 19.4. The number of alkyl halides is 3. The highest BCUT2D eigenvalue weighted by molar-refractivity contribution is 5.46. The molecule has 0 atom stereocenters. The lowest BCUT2D eigenvalue weighted by Crippen LogP contribution is -2.22. The van der Waals surface area contributed by atoms with Crippen molar-refractivity contribution < 1.29 is 13.2 Å². The molecule has 0 amide bonds. The molecule has 0 bridgehead atoms. The topological polar surface area (TPSA) is 15.3 Å². The minimum absolute atomic E-state index is 0.538. The third-order valence-corrected chi connectivity index (χ3v) is 3.37. The van der Waals surface area contributed by atoms with Gasteiger partial charge >= 0.3 is 6.18 Å². The summed E-state index contributed by atoms with van der Waals surface area (Å²) in [5.41, 5.74) is -0.0618. The number of likely N-dealkylation sites (tertiary alicyclic amines) is 1. The minimum Gasteiger partial charge on any atom is -0.385 e. The van der Waals surface area contributed by atoms with Crippen molar-refractivity contribution in [1.82, 2.24) is 4.90 Å². The predicted molar refractivity (Wildman–Crippen MR) is 70.2 cm³/mol. The average Bonchev–Trinajstić information content (AvgIpc) is 2.87. The molecule has 1 aromatic carbocycles. The van der Waals surface area contributed by atoms with Gasteiger partial charge in [0, 0.05) is 12.2 Å². The van der Waals surface area contributed by atoms with E-state index < -0.39 is 11.7 Å². The van der Waals surface area contributed by atoms with Crippen LogP contribution in [0.1, 0.15) is 24.8 Å². The van der Waals surface area contributed by atoms with E-state index >= 15 is 0 Å². The zero-order valence-electron chi connectivity index (χ0n) is 10.8. The van der Waals surface area contributed by atoms with Gasteiger partial charge in [-0.05, 0) is 57.1 Å². The normalized spacial score (nSPS) is 16.8. The standard InChI is InChI=1S/C14H19F3N2/c15-14(16,17)12-5-3-6-13(11-12)18-7-4-10-19-8-1-2-9-19/h3,5-6,11,18H,1-2,4,7-10H2. The fourth-order valence-electron chi connectivity index (χ4n) is 2.35. The Morgan fingerprint density at radius 2 is 1.89 bits per heavy atom. The van der Waals surface area contributed by atoms with Gasteiger partial charge in [-0.1, -0.05) is 6.07 Å². The van der Waals surface area contributed by atoms with Crippen molar-refractivity contribution in [1.29, 1.82) is 0 Å². The molecule has 19 heavy (non-hydrogen) atoms. The SMILES string of the molecule is FC(F)(F)c1cccc(NCCCN2CCCC2)c1. The number of rotatable bonds is 5. The molecule has 0 spiro atoms. The fraction of sp³-hybridized carbons (Fsp3) is 0.571. The van der Waals surface area contributed by atoms with E-state index in [0.29, 0.717) is 12.2 Å². The number of anilines is 1. The molecular weight excluding hydrogens is 253 g/mol. The monoisotopic (exact) mass is 272 g/mol. The van der Waals surface area contributed by atoms with Gasteiger partial charge in [-0.25, -0.2) is 0 Å². The summed E-state index contributed by atoms with van der Waals surface area (Å²) in [5, 5.41) is 3.05. The Bertz CT molecular complexity index is 398. The number of halogens is 3. The Morgan fingerprint density at radius 1 is 1.16 bits per heavy atom. The van der Waals surface area contributed by atoms with E-state index in [1.165, 1.54) is 18.9 Å². The molecular formula is C14H19F3N2. The highest BCUT2D eigenvalue weighted by Gasteiger charge is 2.30. The zero-order chi connectivity index (χ0) is 13.7. The van der Waals surface area contributed by atoms with E-state index in [2.05, 4.69) is 10.2 Å². The van der Waals surface area contributed by atoms with Crippen LogP contribution in [0, 0.1) is 0 Å². The second-order valence-corrected chi connectivity index (χ2v) is 4.91. The van der Waals surface area contributed by atoms with Crippen molar-refractivity contribution in [2.75, 3.05) is 31.5 Å². The molecule has 0 aromatic heterocycles. The van der Waals surface area contributed by atoms with Crippen LogP contribution in [-0.4, -0.2) is 31.1 Å². The minimum atomic E-state index is -4.27. The molecule has 1 aliphatic heterocycles. The molecule has 106 valence electrons. The van der Waals surface area contributed by atoms with Gasteiger partial charge < -0.3 is 10.2 Å². The summed E-state index contributed by atoms with van der Waals surface area (Å²) in [6.45, 7) is 4.04. The van der Waals surface area contributed by atoms with Crippen LogP contribution in [0.4, 0.5) is 18.9 Å². The van der Waals surface area contributed by atoms with E-state index in [9.17, 15) is 13.2 Å². The second kappa shape index (κ2) is 6.28. The first-order chi connectivity index (χ1) is 9.05. The van der Waals surface area contributed by atoms with Crippen LogP contribution >= 0.6 is 0 Å². The van der Waals surface area contributed by atoms with E-state index in [4.69, 9.17) is 0 Å². The molecule has 2 rings (SSSR count). The van der Waals surface area contributed by atoms with Crippen molar-refractivity contribution in [3.05, 3.63) is 29.8 Å². The number of hydrogen-bond acceptors (Lipinski definition) is 2. The third-order valence-electron chi connectivity index (χ3n) is 3.37. The van der Waals surface area contributed by atoms with Gasteiger partial charge in [0.25, 0.3) is 0 Å². The summed E-state index contributed by atoms with van der Waals surface area (Å²) in [6, 6.07) is 5.36. The first-order valence-electron chi connectivity index (χ1n) is 6.69. The van der Waals surface area contributed by atoms with Gasteiger partial charge in [0.05, 0.1) is 5.56 Å². The van der Waals surface area contributed by atoms with E-state index in [1.807, 2.05) is 0 Å². The number of nitrogens with one attached hydrogen (secondary N) is 1. The van der Waals surface area contributed by atoms with E-state index in [-0.39, 0.29) is 0 Å². The summed E-state index contributed by atoms with van der Waals surface area (Å²) in [7, 11) is 0. The third kappa shape index (κ3) is 4.42. The molecule has 0 saturated carbocycles. The smallest absolute Gasteiger partial charge is 0.385 e. The van der Waals surface area contributed by atoms with Gasteiger partial charge in [-0.3, -0.25) is 0 Å². The van der Waals surface area contributed by atoms with Gasteiger partial charge in [0.15, 0.2) is 0 Å². The molecule has 1 N–H and O–H groups in total. The molecule has 1 saturated heterocycles. The van der Waals surface area contributed by atoms with Gasteiger partial charge in [0.1, 0.15) is 0 Å². The summed E-state index contributed by atoms with van der Waals surface area (Å²) < 4.78 is 37.6. The number of nitrogens with zero attached hydrogens (tertiary/aromatic N) is 1. The maximum atomic E-state index is 12.5. The Labute approximate surface area is 111 Å². The maximum absolute atomic E-state index is 12.5. The summed E-state index contributed by atoms with van der Waals surface area (Å²) in [5.74, 6) is 0. The van der Waals surface area contributed by atoms with Crippen molar-refractivity contribution in [2.45, 2.75) is 25.4 Å². The molecule has 0 aliphatic carbocycles. The van der Waals surface area contributed by atoms with Crippen LogP contribution < -0.4 is 5.32 Å². The molecule has 5 heteroatoms. The first kappa shape index (κ1) is 14.2.